The molecule has 0 heterocycles. The van der Waals surface area contributed by atoms with Crippen molar-refractivity contribution in [2.75, 3.05) is 0 Å². The van der Waals surface area contributed by atoms with E-state index < -0.39 is 5.83 Å². The lowest BCUT2D eigenvalue weighted by Crippen LogP contribution is -2.25. The SMILES string of the molecule is N#C/C(F)=C/CCC1CCC(C2CCC(CCCCc3ccc(F)cc3)CC2)CC1. The molecule has 30 heavy (non-hydrogen) atoms. The van der Waals surface area contributed by atoms with Gasteiger partial charge in [0.15, 0.2) is 5.83 Å². The molecule has 2 fully saturated rings. The molecule has 0 bridgehead atoms. The number of benzene rings is 1. The largest absolute Gasteiger partial charge is 0.207 e. The van der Waals surface area contributed by atoms with Crippen molar-refractivity contribution in [1.82, 2.24) is 0 Å². The summed E-state index contributed by atoms with van der Waals surface area (Å²) in [5.41, 5.74) is 1.25. The maximum absolute atomic E-state index is 13.0. The first kappa shape index (κ1) is 23.0. The molecule has 1 aromatic rings. The van der Waals surface area contributed by atoms with E-state index in [-0.39, 0.29) is 5.82 Å². The van der Waals surface area contributed by atoms with Gasteiger partial charge in [-0.3, -0.25) is 0 Å². The van der Waals surface area contributed by atoms with Gasteiger partial charge < -0.3 is 0 Å². The van der Waals surface area contributed by atoms with Crippen LogP contribution in [0.4, 0.5) is 8.78 Å². The highest BCUT2D eigenvalue weighted by atomic mass is 19.1. The first-order valence-corrected chi connectivity index (χ1v) is 12.1. The summed E-state index contributed by atoms with van der Waals surface area (Å²) in [6.45, 7) is 0. The maximum Gasteiger partial charge on any atom is 0.196 e. The van der Waals surface area contributed by atoms with Gasteiger partial charge in [-0.25, -0.2) is 4.39 Å². The molecule has 0 unspecified atom stereocenters. The Morgan fingerprint density at radius 3 is 2.00 bits per heavy atom. The summed E-state index contributed by atoms with van der Waals surface area (Å²) in [7, 11) is 0. The van der Waals surface area contributed by atoms with Crippen molar-refractivity contribution in [3.63, 3.8) is 0 Å². The molecule has 2 aliphatic rings. The Balaban J connectivity index is 1.26. The van der Waals surface area contributed by atoms with Crippen LogP contribution >= 0.6 is 0 Å². The monoisotopic (exact) mass is 413 g/mol. The van der Waals surface area contributed by atoms with Crippen LogP contribution in [-0.2, 0) is 6.42 Å². The average molecular weight is 414 g/mol. The molecular formula is C27H37F2N. The van der Waals surface area contributed by atoms with Gasteiger partial charge >= 0.3 is 0 Å². The molecular weight excluding hydrogens is 376 g/mol. The fourth-order valence-corrected chi connectivity index (χ4v) is 5.80. The lowest BCUT2D eigenvalue weighted by atomic mass is 9.68. The van der Waals surface area contributed by atoms with Gasteiger partial charge in [-0.1, -0.05) is 50.7 Å². The summed E-state index contributed by atoms with van der Waals surface area (Å²) in [6, 6.07) is 8.52. The standard InChI is InChI=1S/C27H37F2N/c28-26-18-12-22(13-19-26)5-2-1-4-21-8-14-24(15-9-21)25-16-10-23(11-17-25)6-3-7-27(29)20-30/h7,12-13,18-19,21,23-25H,1-6,8-11,14-17H2/b27-7-. The molecule has 0 saturated heterocycles. The van der Waals surface area contributed by atoms with Gasteiger partial charge in [-0.15, -0.1) is 0 Å². The second-order valence-electron chi connectivity index (χ2n) is 9.68. The quantitative estimate of drug-likeness (QED) is 0.295. The smallest absolute Gasteiger partial charge is 0.196 e. The third-order valence-electron chi connectivity index (χ3n) is 7.70. The van der Waals surface area contributed by atoms with E-state index in [9.17, 15) is 8.78 Å². The highest BCUT2D eigenvalue weighted by molar-refractivity contribution is 5.16. The van der Waals surface area contributed by atoms with Gasteiger partial charge in [-0.05, 0) is 98.8 Å². The van der Waals surface area contributed by atoms with Crippen LogP contribution in [-0.4, -0.2) is 0 Å². The van der Waals surface area contributed by atoms with Crippen molar-refractivity contribution in [3.05, 3.63) is 47.5 Å². The minimum atomic E-state index is -0.629. The molecule has 0 N–H and O–H groups in total. The molecule has 0 aromatic heterocycles. The Kier molecular flexibility index (Phi) is 9.37. The van der Waals surface area contributed by atoms with Gasteiger partial charge in [0.05, 0.1) is 0 Å². The van der Waals surface area contributed by atoms with Gasteiger partial charge in [0.25, 0.3) is 0 Å². The summed E-state index contributed by atoms with van der Waals surface area (Å²) in [4.78, 5) is 0. The minimum absolute atomic E-state index is 0.146. The van der Waals surface area contributed by atoms with E-state index >= 15 is 0 Å². The van der Waals surface area contributed by atoms with Gasteiger partial charge in [0.2, 0.25) is 0 Å². The first-order chi connectivity index (χ1) is 14.6. The van der Waals surface area contributed by atoms with E-state index in [1.807, 2.05) is 12.1 Å². The van der Waals surface area contributed by atoms with Gasteiger partial charge in [0.1, 0.15) is 11.9 Å². The number of unbranched alkanes of at least 4 members (excludes halogenated alkanes) is 1. The summed E-state index contributed by atoms with van der Waals surface area (Å²) in [6.07, 6.45) is 19.0. The van der Waals surface area contributed by atoms with Gasteiger partial charge in [0, 0.05) is 0 Å². The molecule has 1 aromatic carbocycles. The predicted molar refractivity (Wildman–Crippen MR) is 119 cm³/mol. The molecule has 0 radical (unpaired) electrons. The van der Waals surface area contributed by atoms with Crippen LogP contribution in [0, 0.1) is 40.8 Å². The third-order valence-corrected chi connectivity index (χ3v) is 7.70. The zero-order valence-corrected chi connectivity index (χ0v) is 18.3. The van der Waals surface area contributed by atoms with Crippen molar-refractivity contribution in [2.24, 2.45) is 23.7 Å². The van der Waals surface area contributed by atoms with E-state index in [0.29, 0.717) is 6.42 Å². The molecule has 2 aliphatic carbocycles. The Hall–Kier alpha value is -1.69. The number of allylic oxidation sites excluding steroid dienone is 2. The summed E-state index contributed by atoms with van der Waals surface area (Å²) in [5.74, 6) is 2.70. The molecule has 0 amide bonds. The maximum atomic E-state index is 13.0. The fraction of sp³-hybridized carbons (Fsp3) is 0.667. The van der Waals surface area contributed by atoms with Crippen molar-refractivity contribution in [1.29, 1.82) is 5.26 Å². The topological polar surface area (TPSA) is 23.8 Å². The van der Waals surface area contributed by atoms with Crippen LogP contribution in [0.1, 0.15) is 89.0 Å². The van der Waals surface area contributed by atoms with Crippen LogP contribution in [0.5, 0.6) is 0 Å². The Bertz CT molecular complexity index is 687. The minimum Gasteiger partial charge on any atom is -0.207 e. The number of nitriles is 1. The highest BCUT2D eigenvalue weighted by Crippen LogP contribution is 2.43. The molecule has 1 nitrogen and oxygen atoms in total. The molecule has 164 valence electrons. The van der Waals surface area contributed by atoms with Crippen molar-refractivity contribution >= 4 is 0 Å². The molecule has 0 atom stereocenters. The van der Waals surface area contributed by atoms with Crippen LogP contribution in [0.2, 0.25) is 0 Å². The van der Waals surface area contributed by atoms with Crippen LogP contribution in [0.3, 0.4) is 0 Å². The molecule has 3 heteroatoms. The van der Waals surface area contributed by atoms with Crippen LogP contribution in [0.25, 0.3) is 0 Å². The zero-order chi connectivity index (χ0) is 21.2. The second-order valence-corrected chi connectivity index (χ2v) is 9.68. The van der Waals surface area contributed by atoms with Crippen molar-refractivity contribution in [3.8, 4) is 6.07 Å². The van der Waals surface area contributed by atoms with E-state index in [0.717, 1.165) is 36.5 Å². The predicted octanol–water partition coefficient (Wildman–Crippen LogP) is 8.31. The lowest BCUT2D eigenvalue weighted by molar-refractivity contribution is 0.140. The third kappa shape index (κ3) is 7.53. The van der Waals surface area contributed by atoms with E-state index in [4.69, 9.17) is 5.26 Å². The fourth-order valence-electron chi connectivity index (χ4n) is 5.80. The van der Waals surface area contributed by atoms with Crippen LogP contribution in [0.15, 0.2) is 36.2 Å². The number of halogens is 2. The number of hydrogen-bond donors (Lipinski definition) is 0. The summed E-state index contributed by atoms with van der Waals surface area (Å²) >= 11 is 0. The Labute approximate surface area is 181 Å². The molecule has 0 aliphatic heterocycles. The Morgan fingerprint density at radius 1 is 0.867 bits per heavy atom. The number of hydrogen-bond acceptors (Lipinski definition) is 1. The lowest BCUT2D eigenvalue weighted by Gasteiger charge is -2.38. The number of nitrogens with zero attached hydrogens (tertiary/aromatic N) is 1. The van der Waals surface area contributed by atoms with Crippen molar-refractivity contribution < 1.29 is 8.78 Å². The number of rotatable bonds is 9. The average Bonchev–Trinajstić information content (AvgIpc) is 2.79. The zero-order valence-electron chi connectivity index (χ0n) is 18.3. The van der Waals surface area contributed by atoms with E-state index in [1.54, 1.807) is 18.2 Å². The molecule has 0 spiro atoms. The second kappa shape index (κ2) is 12.2. The summed E-state index contributed by atoms with van der Waals surface area (Å²) < 4.78 is 25.9. The first-order valence-electron chi connectivity index (χ1n) is 12.1. The van der Waals surface area contributed by atoms with E-state index in [1.165, 1.54) is 82.3 Å². The molecule has 2 saturated carbocycles. The highest BCUT2D eigenvalue weighted by Gasteiger charge is 2.30. The number of aryl methyl sites for hydroxylation is 1. The van der Waals surface area contributed by atoms with Gasteiger partial charge in [-0.2, -0.15) is 9.65 Å². The van der Waals surface area contributed by atoms with E-state index in [2.05, 4.69) is 0 Å². The van der Waals surface area contributed by atoms with Crippen molar-refractivity contribution in [2.45, 2.75) is 89.9 Å². The summed E-state index contributed by atoms with van der Waals surface area (Å²) in [5, 5.41) is 8.48. The normalized spacial score (nSPS) is 27.6. The van der Waals surface area contributed by atoms with Crippen LogP contribution < -0.4 is 0 Å². The Morgan fingerprint density at radius 2 is 1.43 bits per heavy atom. The molecule has 3 rings (SSSR count).